The minimum atomic E-state index is 0.0386. The Bertz CT molecular complexity index is 679. The van der Waals surface area contributed by atoms with Gasteiger partial charge in [-0.2, -0.15) is 0 Å². The van der Waals surface area contributed by atoms with Crippen molar-refractivity contribution in [3.05, 3.63) is 27.5 Å². The van der Waals surface area contributed by atoms with Gasteiger partial charge in [0, 0.05) is 27.6 Å². The molecule has 0 spiro atoms. The molecule has 0 bridgehead atoms. The Kier molecular flexibility index (Phi) is 4.19. The third-order valence-electron chi connectivity index (χ3n) is 4.06. The van der Waals surface area contributed by atoms with Gasteiger partial charge in [0.1, 0.15) is 4.88 Å². The van der Waals surface area contributed by atoms with E-state index in [4.69, 9.17) is 5.73 Å². The highest BCUT2D eigenvalue weighted by Gasteiger charge is 2.26. The minimum absolute atomic E-state index is 0.0386. The fourth-order valence-corrected chi connectivity index (χ4v) is 4.21. The molecule has 6 heteroatoms. The molecule has 112 valence electrons. The molecular formula is C15H18BrN3OS. The van der Waals surface area contributed by atoms with Crippen molar-refractivity contribution in [3.8, 4) is 0 Å². The number of nitrogens with two attached hydrogens (primary N) is 1. The van der Waals surface area contributed by atoms with Gasteiger partial charge in [-0.25, -0.2) is 0 Å². The molecule has 1 aromatic carbocycles. The van der Waals surface area contributed by atoms with E-state index in [2.05, 4.69) is 21.2 Å². The number of benzene rings is 1. The van der Waals surface area contributed by atoms with Crippen LogP contribution < -0.4 is 11.1 Å². The highest BCUT2D eigenvalue weighted by Crippen LogP contribution is 2.36. The monoisotopic (exact) mass is 367 g/mol. The van der Waals surface area contributed by atoms with Gasteiger partial charge in [-0.1, -0.05) is 15.9 Å². The van der Waals surface area contributed by atoms with Crippen molar-refractivity contribution < 1.29 is 4.79 Å². The van der Waals surface area contributed by atoms with Gasteiger partial charge in [0.2, 0.25) is 0 Å². The van der Waals surface area contributed by atoms with Crippen molar-refractivity contribution in [3.63, 3.8) is 0 Å². The summed E-state index contributed by atoms with van der Waals surface area (Å²) >= 11 is 4.93. The lowest BCUT2D eigenvalue weighted by Crippen LogP contribution is -2.43. The molecule has 1 aliphatic rings. The van der Waals surface area contributed by atoms with E-state index in [-0.39, 0.29) is 5.91 Å². The Balaban J connectivity index is 1.92. The molecule has 1 fully saturated rings. The summed E-state index contributed by atoms with van der Waals surface area (Å²) in [4.78, 5) is 15.3. The van der Waals surface area contributed by atoms with Crippen LogP contribution in [0.3, 0.4) is 0 Å². The molecule has 3 rings (SSSR count). The zero-order valence-corrected chi connectivity index (χ0v) is 14.3. The van der Waals surface area contributed by atoms with E-state index in [1.807, 2.05) is 30.1 Å². The van der Waals surface area contributed by atoms with Crippen LogP contribution in [-0.4, -0.2) is 37.0 Å². The van der Waals surface area contributed by atoms with E-state index in [1.165, 1.54) is 11.3 Å². The molecule has 1 aromatic heterocycles. The molecule has 21 heavy (non-hydrogen) atoms. The lowest BCUT2D eigenvalue weighted by molar-refractivity contribution is 0.0709. The maximum atomic E-state index is 12.7. The molecule has 4 nitrogen and oxygen atoms in total. The normalized spacial score (nSPS) is 16.3. The van der Waals surface area contributed by atoms with Crippen molar-refractivity contribution in [1.29, 1.82) is 0 Å². The Labute approximate surface area is 136 Å². The summed E-state index contributed by atoms with van der Waals surface area (Å²) in [5, 5.41) is 4.28. The molecule has 0 aliphatic carbocycles. The van der Waals surface area contributed by atoms with Gasteiger partial charge in [0.15, 0.2) is 0 Å². The van der Waals surface area contributed by atoms with Crippen LogP contribution in [0, 0.1) is 0 Å². The van der Waals surface area contributed by atoms with Gasteiger partial charge in [-0.15, -0.1) is 11.3 Å². The van der Waals surface area contributed by atoms with Crippen molar-refractivity contribution in [2.24, 2.45) is 0 Å². The van der Waals surface area contributed by atoms with Crippen molar-refractivity contribution in [2.75, 3.05) is 25.9 Å². The SMILES string of the molecule is CN(C(=O)c1sc2ccc(Br)cc2c1N)C1CCNCC1. The van der Waals surface area contributed by atoms with E-state index in [9.17, 15) is 4.79 Å². The molecule has 0 unspecified atom stereocenters. The summed E-state index contributed by atoms with van der Waals surface area (Å²) in [6.07, 6.45) is 2.00. The Morgan fingerprint density at radius 3 is 2.86 bits per heavy atom. The first-order valence-corrected chi connectivity index (χ1v) is 8.64. The van der Waals surface area contributed by atoms with Gasteiger partial charge in [0.25, 0.3) is 5.91 Å². The second kappa shape index (κ2) is 5.94. The predicted octanol–water partition coefficient (Wildman–Crippen LogP) is 3.07. The number of carbonyl (C=O) groups excluding carboxylic acids is 1. The molecular weight excluding hydrogens is 350 g/mol. The van der Waals surface area contributed by atoms with Gasteiger partial charge in [0.05, 0.1) is 5.69 Å². The number of fused-ring (bicyclic) bond motifs is 1. The van der Waals surface area contributed by atoms with Crippen LogP contribution in [0.2, 0.25) is 0 Å². The van der Waals surface area contributed by atoms with Crippen molar-refractivity contribution in [1.82, 2.24) is 10.2 Å². The van der Waals surface area contributed by atoms with E-state index in [0.717, 1.165) is 40.5 Å². The van der Waals surface area contributed by atoms with E-state index in [0.29, 0.717) is 16.6 Å². The molecule has 2 heterocycles. The zero-order valence-electron chi connectivity index (χ0n) is 11.9. The lowest BCUT2D eigenvalue weighted by Gasteiger charge is -2.31. The number of nitrogens with one attached hydrogen (secondary N) is 1. The molecule has 1 saturated heterocycles. The van der Waals surface area contributed by atoms with Crippen molar-refractivity contribution in [2.45, 2.75) is 18.9 Å². The second-order valence-corrected chi connectivity index (χ2v) is 7.35. The van der Waals surface area contributed by atoms with Crippen LogP contribution in [0.5, 0.6) is 0 Å². The molecule has 1 amide bonds. The Hall–Kier alpha value is -1.11. The number of anilines is 1. The van der Waals surface area contributed by atoms with E-state index in [1.54, 1.807) is 0 Å². The molecule has 3 N–H and O–H groups in total. The molecule has 1 aliphatic heterocycles. The van der Waals surface area contributed by atoms with Crippen LogP contribution in [0.4, 0.5) is 5.69 Å². The van der Waals surface area contributed by atoms with E-state index < -0.39 is 0 Å². The topological polar surface area (TPSA) is 58.4 Å². The van der Waals surface area contributed by atoms with Gasteiger partial charge < -0.3 is 16.0 Å². The first kappa shape index (κ1) is 14.8. The average molecular weight is 368 g/mol. The Morgan fingerprint density at radius 1 is 1.43 bits per heavy atom. The minimum Gasteiger partial charge on any atom is -0.397 e. The predicted molar refractivity (Wildman–Crippen MR) is 91.9 cm³/mol. The van der Waals surface area contributed by atoms with Crippen molar-refractivity contribution >= 4 is 48.9 Å². The zero-order chi connectivity index (χ0) is 15.0. The van der Waals surface area contributed by atoms with Gasteiger partial charge >= 0.3 is 0 Å². The summed E-state index contributed by atoms with van der Waals surface area (Å²) < 4.78 is 2.03. The number of amides is 1. The molecule has 2 aromatic rings. The largest absolute Gasteiger partial charge is 0.397 e. The highest BCUT2D eigenvalue weighted by molar-refractivity contribution is 9.10. The number of nitrogen functional groups attached to an aromatic ring is 1. The first-order chi connectivity index (χ1) is 10.1. The fourth-order valence-electron chi connectivity index (χ4n) is 2.77. The summed E-state index contributed by atoms with van der Waals surface area (Å²) in [6.45, 7) is 1.94. The number of halogens is 1. The Morgan fingerprint density at radius 2 is 2.14 bits per heavy atom. The number of piperidine rings is 1. The van der Waals surface area contributed by atoms with E-state index >= 15 is 0 Å². The van der Waals surface area contributed by atoms with Gasteiger partial charge in [-0.3, -0.25) is 4.79 Å². The lowest BCUT2D eigenvalue weighted by atomic mass is 10.1. The maximum absolute atomic E-state index is 12.7. The fraction of sp³-hybridized carbons (Fsp3) is 0.400. The number of hydrogen-bond acceptors (Lipinski definition) is 4. The molecule has 0 atom stereocenters. The number of hydrogen-bond donors (Lipinski definition) is 2. The van der Waals surface area contributed by atoms with Crippen LogP contribution in [-0.2, 0) is 0 Å². The summed E-state index contributed by atoms with van der Waals surface area (Å²) in [7, 11) is 1.89. The molecule has 0 saturated carbocycles. The standard InChI is InChI=1S/C15H18BrN3OS/c1-19(10-4-6-18-7-5-10)15(20)14-13(17)11-8-9(16)2-3-12(11)21-14/h2-3,8,10,18H,4-7,17H2,1H3. The highest BCUT2D eigenvalue weighted by atomic mass is 79.9. The van der Waals surface area contributed by atoms with Crippen LogP contribution in [0.1, 0.15) is 22.5 Å². The first-order valence-electron chi connectivity index (χ1n) is 7.03. The van der Waals surface area contributed by atoms with Crippen LogP contribution in [0.15, 0.2) is 22.7 Å². The smallest absolute Gasteiger partial charge is 0.266 e. The van der Waals surface area contributed by atoms with Gasteiger partial charge in [-0.05, 0) is 44.1 Å². The third-order valence-corrected chi connectivity index (χ3v) is 5.73. The number of rotatable bonds is 2. The second-order valence-electron chi connectivity index (χ2n) is 5.38. The summed E-state index contributed by atoms with van der Waals surface area (Å²) in [6, 6.07) is 6.25. The quantitative estimate of drug-likeness (QED) is 0.857. The van der Waals surface area contributed by atoms with Crippen LogP contribution in [0.25, 0.3) is 10.1 Å². The molecule has 0 radical (unpaired) electrons. The number of nitrogens with zero attached hydrogens (tertiary/aromatic N) is 1. The van der Waals surface area contributed by atoms with Crippen LogP contribution >= 0.6 is 27.3 Å². The summed E-state index contributed by atoms with van der Waals surface area (Å²) in [5.74, 6) is 0.0386. The average Bonchev–Trinajstić information content (AvgIpc) is 2.83. The number of carbonyl (C=O) groups is 1. The summed E-state index contributed by atoms with van der Waals surface area (Å²) in [5.41, 5.74) is 6.81. The maximum Gasteiger partial charge on any atom is 0.266 e. The third kappa shape index (κ3) is 2.80. The number of thiophene rings is 1.